The van der Waals surface area contributed by atoms with Crippen molar-refractivity contribution in [1.82, 2.24) is 4.90 Å². The van der Waals surface area contributed by atoms with E-state index in [9.17, 15) is 9.59 Å². The maximum Gasteiger partial charge on any atom is 0.291 e. The van der Waals surface area contributed by atoms with Crippen molar-refractivity contribution in [3.8, 4) is 0 Å². The van der Waals surface area contributed by atoms with E-state index in [1.54, 1.807) is 18.2 Å². The zero-order chi connectivity index (χ0) is 20.4. The molecule has 0 radical (unpaired) electrons. The molecule has 0 saturated carbocycles. The number of para-hydroxylation sites is 1. The molecule has 2 aromatic carbocycles. The Hall–Kier alpha value is -2.83. The lowest BCUT2D eigenvalue weighted by molar-refractivity contribution is -0.129. The van der Waals surface area contributed by atoms with Crippen molar-refractivity contribution in [3.05, 3.63) is 65.9 Å². The molecule has 3 aromatic rings. The molecular weight excluding hydrogens is 402 g/mol. The van der Waals surface area contributed by atoms with Gasteiger partial charge in [-0.05, 0) is 48.2 Å². The number of furan rings is 1. The Bertz CT molecular complexity index is 1010. The Morgan fingerprint density at radius 3 is 2.57 bits per heavy atom. The predicted octanol–water partition coefficient (Wildman–Crippen LogP) is 3.85. The summed E-state index contributed by atoms with van der Waals surface area (Å²) in [4.78, 5) is 26.9. The summed E-state index contributed by atoms with van der Waals surface area (Å²) in [5.74, 6) is 0.0758. The van der Waals surface area contributed by atoms with Crippen LogP contribution in [0.5, 0.6) is 0 Å². The second-order valence-corrected chi connectivity index (χ2v) is 8.06. The van der Waals surface area contributed by atoms with Crippen LogP contribution in [0.1, 0.15) is 29.5 Å². The molecule has 30 heavy (non-hydrogen) atoms. The number of likely N-dealkylation sites (tertiary alicyclic amines) is 1. The highest BCUT2D eigenvalue weighted by atomic mass is 35.5. The highest BCUT2D eigenvalue weighted by molar-refractivity contribution is 6.04. The monoisotopic (exact) mass is 427 g/mol. The van der Waals surface area contributed by atoms with E-state index in [4.69, 9.17) is 10.2 Å². The molecule has 2 amide bonds. The summed E-state index contributed by atoms with van der Waals surface area (Å²) in [6.45, 7) is 4.20. The summed E-state index contributed by atoms with van der Waals surface area (Å²) in [5, 5.41) is 3.72. The zero-order valence-electron chi connectivity index (χ0n) is 16.9. The molecule has 1 atom stereocenters. The van der Waals surface area contributed by atoms with Gasteiger partial charge in [0.1, 0.15) is 5.58 Å². The van der Waals surface area contributed by atoms with Crippen molar-refractivity contribution >= 4 is 40.9 Å². The highest BCUT2D eigenvalue weighted by Crippen LogP contribution is 2.29. The van der Waals surface area contributed by atoms with E-state index in [0.717, 1.165) is 23.9 Å². The second-order valence-electron chi connectivity index (χ2n) is 8.06. The van der Waals surface area contributed by atoms with Gasteiger partial charge in [0.2, 0.25) is 5.91 Å². The third-order valence-electron chi connectivity index (χ3n) is 5.62. The standard InChI is InChI=1S/C23H25N3O3.ClH/c1-23(14-24)10-11-26(15-23)21(27)12-16-6-8-18(9-7-16)25-22(28)20-13-17-4-2-3-5-19(17)29-20;/h2-9,13H,10-12,14-15,24H2,1H3,(H,25,28);1H. The van der Waals surface area contributed by atoms with Crippen molar-refractivity contribution in [2.75, 3.05) is 25.0 Å². The number of benzene rings is 2. The minimum atomic E-state index is -0.303. The number of hydrogen-bond donors (Lipinski definition) is 2. The van der Waals surface area contributed by atoms with Gasteiger partial charge < -0.3 is 20.4 Å². The van der Waals surface area contributed by atoms with Gasteiger partial charge >= 0.3 is 0 Å². The molecule has 1 aliphatic heterocycles. The molecule has 1 fully saturated rings. The van der Waals surface area contributed by atoms with E-state index in [1.807, 2.05) is 41.3 Å². The molecule has 0 bridgehead atoms. The van der Waals surface area contributed by atoms with Gasteiger partial charge in [-0.15, -0.1) is 12.4 Å². The maximum atomic E-state index is 12.6. The average Bonchev–Trinajstić information content (AvgIpc) is 3.34. The number of hydrogen-bond acceptors (Lipinski definition) is 4. The van der Waals surface area contributed by atoms with Gasteiger partial charge in [0, 0.05) is 24.2 Å². The van der Waals surface area contributed by atoms with Crippen molar-refractivity contribution in [1.29, 1.82) is 0 Å². The molecule has 0 aliphatic carbocycles. The number of amides is 2. The maximum absolute atomic E-state index is 12.6. The number of rotatable bonds is 5. The van der Waals surface area contributed by atoms with E-state index in [1.165, 1.54) is 0 Å². The summed E-state index contributed by atoms with van der Waals surface area (Å²) in [6, 6.07) is 16.6. The largest absolute Gasteiger partial charge is 0.451 e. The molecule has 1 saturated heterocycles. The summed E-state index contributed by atoms with van der Waals surface area (Å²) >= 11 is 0. The number of nitrogens with one attached hydrogen (secondary N) is 1. The Morgan fingerprint density at radius 1 is 1.17 bits per heavy atom. The van der Waals surface area contributed by atoms with Crippen molar-refractivity contribution in [3.63, 3.8) is 0 Å². The van der Waals surface area contributed by atoms with E-state index >= 15 is 0 Å². The summed E-state index contributed by atoms with van der Waals surface area (Å²) < 4.78 is 5.59. The summed E-state index contributed by atoms with van der Waals surface area (Å²) in [5.41, 5.74) is 8.10. The van der Waals surface area contributed by atoms with Crippen LogP contribution < -0.4 is 11.1 Å². The lowest BCUT2D eigenvalue weighted by atomic mass is 9.90. The first-order valence-corrected chi connectivity index (χ1v) is 9.82. The highest BCUT2D eigenvalue weighted by Gasteiger charge is 2.34. The van der Waals surface area contributed by atoms with Gasteiger partial charge in [0.05, 0.1) is 6.42 Å². The SMILES string of the molecule is CC1(CN)CCN(C(=O)Cc2ccc(NC(=O)c3cc4ccccc4o3)cc2)C1.Cl. The second kappa shape index (κ2) is 8.90. The lowest BCUT2D eigenvalue weighted by Crippen LogP contribution is -2.35. The Labute approximate surface area is 181 Å². The molecule has 4 rings (SSSR count). The molecule has 1 aliphatic rings. The number of nitrogens with two attached hydrogens (primary N) is 1. The smallest absolute Gasteiger partial charge is 0.291 e. The molecule has 7 heteroatoms. The number of nitrogens with zero attached hydrogens (tertiary/aromatic N) is 1. The molecule has 3 N–H and O–H groups in total. The van der Waals surface area contributed by atoms with Crippen LogP contribution in [0.3, 0.4) is 0 Å². The quantitative estimate of drug-likeness (QED) is 0.647. The minimum absolute atomic E-state index is 0. The van der Waals surface area contributed by atoms with Gasteiger partial charge in [-0.25, -0.2) is 0 Å². The van der Waals surface area contributed by atoms with Crippen molar-refractivity contribution in [2.45, 2.75) is 19.8 Å². The fraction of sp³-hybridized carbons (Fsp3) is 0.304. The topological polar surface area (TPSA) is 88.6 Å². The van der Waals surface area contributed by atoms with E-state index < -0.39 is 0 Å². The Kier molecular flexibility index (Phi) is 6.48. The van der Waals surface area contributed by atoms with Gasteiger partial charge in [0.15, 0.2) is 5.76 Å². The first kappa shape index (κ1) is 21.9. The van der Waals surface area contributed by atoms with Crippen LogP contribution in [0.4, 0.5) is 5.69 Å². The molecule has 1 unspecified atom stereocenters. The lowest BCUT2D eigenvalue weighted by Gasteiger charge is -2.22. The molecule has 6 nitrogen and oxygen atoms in total. The van der Waals surface area contributed by atoms with Crippen LogP contribution in [0.25, 0.3) is 11.0 Å². The number of carbonyl (C=O) groups excluding carboxylic acids is 2. The number of carbonyl (C=O) groups is 2. The Balaban J connectivity index is 0.00000256. The number of fused-ring (bicyclic) bond motifs is 1. The van der Waals surface area contributed by atoms with E-state index in [0.29, 0.717) is 30.8 Å². The molecule has 2 heterocycles. The normalized spacial score (nSPS) is 18.3. The van der Waals surface area contributed by atoms with E-state index in [-0.39, 0.29) is 35.4 Å². The fourth-order valence-corrected chi connectivity index (χ4v) is 3.68. The Morgan fingerprint density at radius 2 is 1.90 bits per heavy atom. The van der Waals surface area contributed by atoms with Crippen molar-refractivity contribution in [2.24, 2.45) is 11.1 Å². The number of halogens is 1. The zero-order valence-corrected chi connectivity index (χ0v) is 17.7. The predicted molar refractivity (Wildman–Crippen MR) is 120 cm³/mol. The summed E-state index contributed by atoms with van der Waals surface area (Å²) in [7, 11) is 0. The third-order valence-corrected chi connectivity index (χ3v) is 5.62. The molecule has 1 aromatic heterocycles. The van der Waals surface area contributed by atoms with Gasteiger partial charge in [0.25, 0.3) is 5.91 Å². The van der Waals surface area contributed by atoms with Crippen LogP contribution in [0, 0.1) is 5.41 Å². The van der Waals surface area contributed by atoms with Crippen LogP contribution in [0.2, 0.25) is 0 Å². The molecule has 158 valence electrons. The molecular formula is C23H26ClN3O3. The fourth-order valence-electron chi connectivity index (χ4n) is 3.68. The van der Waals surface area contributed by atoms with Crippen LogP contribution in [-0.4, -0.2) is 36.3 Å². The first-order valence-electron chi connectivity index (χ1n) is 9.82. The van der Waals surface area contributed by atoms with Gasteiger partial charge in [-0.2, -0.15) is 0 Å². The third kappa shape index (κ3) is 4.66. The van der Waals surface area contributed by atoms with Crippen molar-refractivity contribution < 1.29 is 14.0 Å². The number of anilines is 1. The summed E-state index contributed by atoms with van der Waals surface area (Å²) in [6.07, 6.45) is 1.29. The minimum Gasteiger partial charge on any atom is -0.451 e. The first-order chi connectivity index (χ1) is 14.0. The molecule has 0 spiro atoms. The van der Waals surface area contributed by atoms with E-state index in [2.05, 4.69) is 12.2 Å². The van der Waals surface area contributed by atoms with Crippen LogP contribution >= 0.6 is 12.4 Å². The van der Waals surface area contributed by atoms with Gasteiger partial charge in [-0.1, -0.05) is 37.3 Å². The van der Waals surface area contributed by atoms with Crippen LogP contribution in [0.15, 0.2) is 59.0 Å². The van der Waals surface area contributed by atoms with Gasteiger partial charge in [-0.3, -0.25) is 9.59 Å². The van der Waals surface area contributed by atoms with Crippen LogP contribution in [-0.2, 0) is 11.2 Å². The average molecular weight is 428 g/mol.